The number of anilines is 1. The standard InChI is InChI=1S/C25H23N3O3S/c1-16-9-10-20(11-17(16)2)26-23(29)15-28-24(30)22(32-25(28)31)13-19-12-18(3)27(14-19)21-7-5-4-6-8-21/h4-14H,15H2,1-3H3,(H,26,29)/b22-13+. The zero-order valence-electron chi connectivity index (χ0n) is 18.1. The van der Waals surface area contributed by atoms with E-state index >= 15 is 0 Å². The van der Waals surface area contributed by atoms with E-state index in [9.17, 15) is 14.4 Å². The molecule has 6 nitrogen and oxygen atoms in total. The van der Waals surface area contributed by atoms with Gasteiger partial charge in [-0.1, -0.05) is 24.3 Å². The lowest BCUT2D eigenvalue weighted by molar-refractivity contribution is -0.127. The summed E-state index contributed by atoms with van der Waals surface area (Å²) in [6, 6.07) is 17.4. The van der Waals surface area contributed by atoms with Crippen molar-refractivity contribution in [3.8, 4) is 5.69 Å². The van der Waals surface area contributed by atoms with Crippen LogP contribution in [0.5, 0.6) is 0 Å². The third-order valence-corrected chi connectivity index (χ3v) is 6.24. The maximum atomic E-state index is 12.8. The van der Waals surface area contributed by atoms with Gasteiger partial charge in [-0.05, 0) is 85.6 Å². The Morgan fingerprint density at radius 3 is 2.47 bits per heavy atom. The Morgan fingerprint density at radius 2 is 1.75 bits per heavy atom. The SMILES string of the molecule is Cc1ccc(NC(=O)CN2C(=O)S/C(=C/c3cc(C)n(-c4ccccc4)c3)C2=O)cc1C. The molecule has 3 amide bonds. The minimum absolute atomic E-state index is 0.305. The number of hydrogen-bond acceptors (Lipinski definition) is 4. The molecule has 3 aromatic rings. The molecule has 0 bridgehead atoms. The van der Waals surface area contributed by atoms with Gasteiger partial charge in [-0.2, -0.15) is 0 Å². The van der Waals surface area contributed by atoms with Crippen LogP contribution in [0.25, 0.3) is 11.8 Å². The lowest BCUT2D eigenvalue weighted by Gasteiger charge is -2.13. The predicted octanol–water partition coefficient (Wildman–Crippen LogP) is 5.08. The van der Waals surface area contributed by atoms with E-state index in [2.05, 4.69) is 5.32 Å². The van der Waals surface area contributed by atoms with Crippen molar-refractivity contribution in [2.24, 2.45) is 0 Å². The van der Waals surface area contributed by atoms with E-state index in [-0.39, 0.29) is 6.54 Å². The van der Waals surface area contributed by atoms with Crippen LogP contribution in [0, 0.1) is 20.8 Å². The fraction of sp³-hybridized carbons (Fsp3) is 0.160. The van der Waals surface area contributed by atoms with Crippen LogP contribution >= 0.6 is 11.8 Å². The van der Waals surface area contributed by atoms with Gasteiger partial charge in [0.1, 0.15) is 6.54 Å². The Labute approximate surface area is 190 Å². The molecule has 7 heteroatoms. The van der Waals surface area contributed by atoms with E-state index in [1.165, 1.54) is 0 Å². The number of nitrogens with zero attached hydrogens (tertiary/aromatic N) is 2. The summed E-state index contributed by atoms with van der Waals surface area (Å²) in [4.78, 5) is 38.9. The molecule has 0 saturated carbocycles. The summed E-state index contributed by atoms with van der Waals surface area (Å²) < 4.78 is 2.02. The molecule has 0 radical (unpaired) electrons. The summed E-state index contributed by atoms with van der Waals surface area (Å²) in [6.45, 7) is 5.61. The average molecular weight is 446 g/mol. The zero-order chi connectivity index (χ0) is 22.8. The van der Waals surface area contributed by atoms with Gasteiger partial charge < -0.3 is 9.88 Å². The van der Waals surface area contributed by atoms with Crippen LogP contribution in [-0.4, -0.2) is 33.1 Å². The maximum absolute atomic E-state index is 12.8. The van der Waals surface area contributed by atoms with Gasteiger partial charge in [-0.25, -0.2) is 0 Å². The number of aryl methyl sites for hydroxylation is 3. The number of rotatable bonds is 5. The van der Waals surface area contributed by atoms with Gasteiger partial charge in [0.15, 0.2) is 0 Å². The Hall–Kier alpha value is -3.58. The molecule has 32 heavy (non-hydrogen) atoms. The third-order valence-electron chi connectivity index (χ3n) is 5.33. The molecule has 1 fully saturated rings. The van der Waals surface area contributed by atoms with Crippen LogP contribution in [-0.2, 0) is 9.59 Å². The van der Waals surface area contributed by atoms with Gasteiger partial charge in [0.25, 0.3) is 11.1 Å². The minimum Gasteiger partial charge on any atom is -0.325 e. The molecule has 0 unspecified atom stereocenters. The summed E-state index contributed by atoms with van der Waals surface area (Å²) in [5.41, 5.74) is 5.65. The fourth-order valence-electron chi connectivity index (χ4n) is 3.50. The highest BCUT2D eigenvalue weighted by Gasteiger charge is 2.36. The van der Waals surface area contributed by atoms with Crippen molar-refractivity contribution in [2.45, 2.75) is 20.8 Å². The summed E-state index contributed by atoms with van der Waals surface area (Å²) in [5, 5.41) is 2.31. The molecule has 1 N–H and O–H groups in total. The highest BCUT2D eigenvalue weighted by atomic mass is 32.2. The number of carbonyl (C=O) groups excluding carboxylic acids is 3. The monoisotopic (exact) mass is 445 g/mol. The third kappa shape index (κ3) is 4.53. The molecule has 0 atom stereocenters. The van der Waals surface area contributed by atoms with Crippen molar-refractivity contribution < 1.29 is 14.4 Å². The Kier molecular flexibility index (Phi) is 6.01. The highest BCUT2D eigenvalue weighted by Crippen LogP contribution is 2.32. The number of imide groups is 1. The molecule has 4 rings (SSSR count). The number of para-hydroxylation sites is 1. The lowest BCUT2D eigenvalue weighted by atomic mass is 10.1. The molecular formula is C25H23N3O3S. The van der Waals surface area contributed by atoms with Gasteiger partial charge in [0, 0.05) is 23.3 Å². The molecule has 1 aliphatic rings. The molecule has 1 saturated heterocycles. The van der Waals surface area contributed by atoms with Gasteiger partial charge in [-0.15, -0.1) is 0 Å². The molecule has 0 spiro atoms. The maximum Gasteiger partial charge on any atom is 0.294 e. The first-order valence-electron chi connectivity index (χ1n) is 10.2. The molecular weight excluding hydrogens is 422 g/mol. The Morgan fingerprint density at radius 1 is 1.00 bits per heavy atom. The number of benzene rings is 2. The first-order chi connectivity index (χ1) is 15.3. The number of carbonyl (C=O) groups is 3. The van der Waals surface area contributed by atoms with Crippen LogP contribution in [0.3, 0.4) is 0 Å². The van der Waals surface area contributed by atoms with E-state index in [4.69, 9.17) is 0 Å². The van der Waals surface area contributed by atoms with Crippen LogP contribution in [0.15, 0.2) is 65.7 Å². The van der Waals surface area contributed by atoms with E-state index in [1.807, 2.05) is 80.1 Å². The predicted molar refractivity (Wildman–Crippen MR) is 128 cm³/mol. The smallest absolute Gasteiger partial charge is 0.294 e. The first kappa shape index (κ1) is 21.6. The molecule has 2 heterocycles. The van der Waals surface area contributed by atoms with Crippen molar-refractivity contribution in [3.63, 3.8) is 0 Å². The quantitative estimate of drug-likeness (QED) is 0.556. The zero-order valence-corrected chi connectivity index (χ0v) is 18.9. The van der Waals surface area contributed by atoms with Gasteiger partial charge in [0.05, 0.1) is 4.91 Å². The topological polar surface area (TPSA) is 71.4 Å². The second kappa shape index (κ2) is 8.88. The summed E-state index contributed by atoms with van der Waals surface area (Å²) in [5.74, 6) is -0.872. The Bertz CT molecular complexity index is 1240. The highest BCUT2D eigenvalue weighted by molar-refractivity contribution is 8.18. The molecule has 162 valence electrons. The largest absolute Gasteiger partial charge is 0.325 e. The summed E-state index contributed by atoms with van der Waals surface area (Å²) in [7, 11) is 0. The second-order valence-corrected chi connectivity index (χ2v) is 8.73. The van der Waals surface area contributed by atoms with Gasteiger partial charge >= 0.3 is 0 Å². The van der Waals surface area contributed by atoms with E-state index in [1.54, 1.807) is 12.1 Å². The van der Waals surface area contributed by atoms with Crippen molar-refractivity contribution in [1.82, 2.24) is 9.47 Å². The van der Waals surface area contributed by atoms with Crippen LogP contribution in [0.2, 0.25) is 0 Å². The van der Waals surface area contributed by atoms with Gasteiger partial charge in [-0.3, -0.25) is 19.3 Å². The second-order valence-electron chi connectivity index (χ2n) is 7.74. The van der Waals surface area contributed by atoms with Crippen molar-refractivity contribution in [2.75, 3.05) is 11.9 Å². The van der Waals surface area contributed by atoms with E-state index < -0.39 is 17.1 Å². The fourth-order valence-corrected chi connectivity index (χ4v) is 4.33. The number of aromatic nitrogens is 1. The van der Waals surface area contributed by atoms with E-state index in [0.717, 1.165) is 44.7 Å². The average Bonchev–Trinajstić information content (AvgIpc) is 3.25. The molecule has 1 aromatic heterocycles. The van der Waals surface area contributed by atoms with Crippen LogP contribution < -0.4 is 5.32 Å². The lowest BCUT2D eigenvalue weighted by Crippen LogP contribution is -2.36. The van der Waals surface area contributed by atoms with Crippen LogP contribution in [0.4, 0.5) is 10.5 Å². The normalized spacial score (nSPS) is 15.0. The van der Waals surface area contributed by atoms with E-state index in [0.29, 0.717) is 10.6 Å². The molecule has 0 aliphatic carbocycles. The molecule has 2 aromatic carbocycles. The number of nitrogens with one attached hydrogen (secondary N) is 1. The van der Waals surface area contributed by atoms with Gasteiger partial charge in [0.2, 0.25) is 5.91 Å². The first-order valence-corrected chi connectivity index (χ1v) is 11.0. The Balaban J connectivity index is 1.47. The number of amides is 3. The minimum atomic E-state index is -0.458. The van der Waals surface area contributed by atoms with Crippen molar-refractivity contribution in [3.05, 3.63) is 88.1 Å². The number of thioether (sulfide) groups is 1. The molecule has 1 aliphatic heterocycles. The van der Waals surface area contributed by atoms with Crippen LogP contribution in [0.1, 0.15) is 22.4 Å². The summed E-state index contributed by atoms with van der Waals surface area (Å²) >= 11 is 0.850. The van der Waals surface area contributed by atoms with Crippen molar-refractivity contribution in [1.29, 1.82) is 0 Å². The van der Waals surface area contributed by atoms with Crippen molar-refractivity contribution >= 4 is 40.6 Å². The number of hydrogen-bond donors (Lipinski definition) is 1. The summed E-state index contributed by atoms with van der Waals surface area (Å²) in [6.07, 6.45) is 3.61.